The van der Waals surface area contributed by atoms with E-state index in [1.54, 1.807) is 7.11 Å². The largest absolute Gasteiger partial charge is 0.497 e. The van der Waals surface area contributed by atoms with Crippen molar-refractivity contribution in [2.45, 2.75) is 31.3 Å². The lowest BCUT2D eigenvalue weighted by molar-refractivity contribution is 0.415. The first-order chi connectivity index (χ1) is 9.31. The summed E-state index contributed by atoms with van der Waals surface area (Å²) in [6.45, 7) is 0. The number of halogens is 1. The number of methoxy groups -OCH3 is 1. The maximum Gasteiger partial charge on any atom is 0.119 e. The summed E-state index contributed by atoms with van der Waals surface area (Å²) < 4.78 is 6.65. The molecule has 106 valence electrons. The molecule has 4 rings (SSSR count). The van der Waals surface area contributed by atoms with E-state index in [0.717, 1.165) is 5.75 Å². The van der Waals surface area contributed by atoms with E-state index >= 15 is 0 Å². The predicted octanol–water partition coefficient (Wildman–Crippen LogP) is 4.24. The second-order valence-electron chi connectivity index (χ2n) is 5.46. The highest BCUT2D eigenvalue weighted by atomic mass is 35.5. The van der Waals surface area contributed by atoms with Crippen LogP contribution in [0, 0.1) is 0 Å². The molecule has 1 aromatic carbocycles. The molecule has 20 heavy (non-hydrogen) atoms. The summed E-state index contributed by atoms with van der Waals surface area (Å²) in [5.74, 6) is 0.941. The van der Waals surface area contributed by atoms with Gasteiger partial charge >= 0.3 is 0 Å². The first-order valence-corrected chi connectivity index (χ1v) is 7.68. The van der Waals surface area contributed by atoms with Crippen LogP contribution in [-0.4, -0.2) is 19.2 Å². The van der Waals surface area contributed by atoms with Crippen molar-refractivity contribution in [3.8, 4) is 5.75 Å². The molecule has 0 saturated carbocycles. The topological polar surface area (TPSA) is 21.3 Å². The van der Waals surface area contributed by atoms with Crippen LogP contribution in [0.15, 0.2) is 30.3 Å². The highest BCUT2D eigenvalue weighted by molar-refractivity contribution is 7.20. The smallest absolute Gasteiger partial charge is 0.119 e. The van der Waals surface area contributed by atoms with Crippen LogP contribution >= 0.6 is 23.7 Å². The third kappa shape index (κ3) is 2.34. The van der Waals surface area contributed by atoms with Gasteiger partial charge in [-0.2, -0.15) is 0 Å². The summed E-state index contributed by atoms with van der Waals surface area (Å²) in [5, 5.41) is 4.95. The van der Waals surface area contributed by atoms with Crippen LogP contribution < -0.4 is 10.1 Å². The number of rotatable bonds is 2. The Morgan fingerprint density at radius 2 is 2.15 bits per heavy atom. The lowest BCUT2D eigenvalue weighted by Crippen LogP contribution is -2.31. The van der Waals surface area contributed by atoms with Gasteiger partial charge in [0.25, 0.3) is 0 Å². The minimum Gasteiger partial charge on any atom is -0.497 e. The van der Waals surface area contributed by atoms with E-state index in [1.807, 2.05) is 17.4 Å². The molecule has 2 aliphatic heterocycles. The minimum absolute atomic E-state index is 0. The molecule has 2 unspecified atom stereocenters. The Bertz CT molecular complexity index is 664. The Morgan fingerprint density at radius 3 is 2.95 bits per heavy atom. The van der Waals surface area contributed by atoms with Crippen LogP contribution in [0.2, 0.25) is 0 Å². The van der Waals surface area contributed by atoms with Crippen LogP contribution in [0.3, 0.4) is 0 Å². The highest BCUT2D eigenvalue weighted by Crippen LogP contribution is 2.38. The summed E-state index contributed by atoms with van der Waals surface area (Å²) in [6, 6.07) is 9.96. The Kier molecular flexibility index (Phi) is 3.76. The Hall–Kier alpha value is -1.03. The van der Waals surface area contributed by atoms with Crippen LogP contribution in [0.25, 0.3) is 15.7 Å². The Labute approximate surface area is 129 Å². The van der Waals surface area contributed by atoms with Crippen LogP contribution in [0.4, 0.5) is 0 Å². The van der Waals surface area contributed by atoms with Crippen molar-refractivity contribution in [3.63, 3.8) is 0 Å². The van der Waals surface area contributed by atoms with Crippen molar-refractivity contribution in [2.75, 3.05) is 7.11 Å². The van der Waals surface area contributed by atoms with E-state index in [1.165, 1.54) is 39.8 Å². The highest BCUT2D eigenvalue weighted by Gasteiger charge is 2.28. The standard InChI is InChI=1S/C16H17NOS.ClH/c1-18-14-4-5-15-11(8-14)9-16(19-15)10-6-12-2-3-13(7-10)17-12;/h4-6,8-9,12-13,17H,2-3,7H2,1H3;1H. The molecule has 0 amide bonds. The van der Waals surface area contributed by atoms with Gasteiger partial charge in [-0.15, -0.1) is 23.7 Å². The fraction of sp³-hybridized carbons (Fsp3) is 0.375. The van der Waals surface area contributed by atoms with Gasteiger partial charge in [-0.25, -0.2) is 0 Å². The van der Waals surface area contributed by atoms with Gasteiger partial charge in [0.05, 0.1) is 7.11 Å². The molecule has 3 heterocycles. The SMILES string of the molecule is COc1ccc2sc(C3=CC4CCC(C3)N4)cc2c1.Cl. The molecular formula is C16H18ClNOS. The van der Waals surface area contributed by atoms with E-state index in [0.29, 0.717) is 12.1 Å². The summed E-state index contributed by atoms with van der Waals surface area (Å²) >= 11 is 1.90. The Balaban J connectivity index is 0.00000121. The van der Waals surface area contributed by atoms with Crippen molar-refractivity contribution in [2.24, 2.45) is 0 Å². The van der Waals surface area contributed by atoms with E-state index in [-0.39, 0.29) is 12.4 Å². The van der Waals surface area contributed by atoms with Crippen molar-refractivity contribution in [3.05, 3.63) is 35.2 Å². The van der Waals surface area contributed by atoms with Gasteiger partial charge in [-0.1, -0.05) is 6.08 Å². The van der Waals surface area contributed by atoms with Gasteiger partial charge in [0.1, 0.15) is 5.75 Å². The summed E-state index contributed by atoms with van der Waals surface area (Å²) in [6.07, 6.45) is 6.24. The summed E-state index contributed by atoms with van der Waals surface area (Å²) in [5.41, 5.74) is 1.53. The van der Waals surface area contributed by atoms with Crippen LogP contribution in [0.1, 0.15) is 24.1 Å². The first kappa shape index (κ1) is 13.9. The molecule has 2 atom stereocenters. The number of benzene rings is 1. The molecule has 2 nitrogen and oxygen atoms in total. The molecular weight excluding hydrogens is 290 g/mol. The molecule has 0 aliphatic carbocycles. The summed E-state index contributed by atoms with van der Waals surface area (Å²) in [4.78, 5) is 1.43. The predicted molar refractivity (Wildman–Crippen MR) is 88.2 cm³/mol. The molecule has 1 fully saturated rings. The average molecular weight is 308 g/mol. The third-order valence-electron chi connectivity index (χ3n) is 4.18. The second-order valence-corrected chi connectivity index (χ2v) is 6.54. The molecule has 1 aromatic heterocycles. The normalized spacial score (nSPS) is 24.4. The monoisotopic (exact) mass is 307 g/mol. The molecule has 2 bridgehead atoms. The van der Waals surface area contributed by atoms with Crippen LogP contribution in [0.5, 0.6) is 5.75 Å². The Morgan fingerprint density at radius 1 is 1.25 bits per heavy atom. The lowest BCUT2D eigenvalue weighted by atomic mass is 10.0. The summed E-state index contributed by atoms with van der Waals surface area (Å²) in [7, 11) is 1.72. The van der Waals surface area contributed by atoms with E-state index < -0.39 is 0 Å². The quantitative estimate of drug-likeness (QED) is 0.896. The van der Waals surface area contributed by atoms with Crippen molar-refractivity contribution in [1.29, 1.82) is 0 Å². The molecule has 4 heteroatoms. The van der Waals surface area contributed by atoms with E-state index in [4.69, 9.17) is 4.74 Å². The molecule has 2 aromatic rings. The van der Waals surface area contributed by atoms with Crippen molar-refractivity contribution < 1.29 is 4.74 Å². The van der Waals surface area contributed by atoms with E-state index in [2.05, 4.69) is 29.6 Å². The van der Waals surface area contributed by atoms with Crippen molar-refractivity contribution in [1.82, 2.24) is 5.32 Å². The molecule has 0 radical (unpaired) electrons. The van der Waals surface area contributed by atoms with Gasteiger partial charge in [-0.05, 0) is 54.5 Å². The maximum absolute atomic E-state index is 5.30. The molecule has 0 spiro atoms. The van der Waals surface area contributed by atoms with Gasteiger partial charge in [0.2, 0.25) is 0 Å². The number of fused-ring (bicyclic) bond motifs is 3. The zero-order valence-corrected chi connectivity index (χ0v) is 13.0. The fourth-order valence-corrected chi connectivity index (χ4v) is 4.29. The maximum atomic E-state index is 5.30. The number of nitrogens with one attached hydrogen (secondary N) is 1. The molecule has 2 aliphatic rings. The number of hydrogen-bond donors (Lipinski definition) is 1. The first-order valence-electron chi connectivity index (χ1n) is 6.86. The minimum atomic E-state index is 0. The average Bonchev–Trinajstić information content (AvgIpc) is 3.01. The zero-order chi connectivity index (χ0) is 12.8. The fourth-order valence-electron chi connectivity index (χ4n) is 3.21. The van der Waals surface area contributed by atoms with Gasteiger partial charge in [0, 0.05) is 21.7 Å². The second kappa shape index (κ2) is 5.40. The zero-order valence-electron chi connectivity index (χ0n) is 11.4. The lowest BCUT2D eigenvalue weighted by Gasteiger charge is -2.20. The number of ether oxygens (including phenoxy) is 1. The van der Waals surface area contributed by atoms with Gasteiger partial charge in [-0.3, -0.25) is 0 Å². The number of hydrogen-bond acceptors (Lipinski definition) is 3. The van der Waals surface area contributed by atoms with E-state index in [9.17, 15) is 0 Å². The molecule has 1 saturated heterocycles. The van der Waals surface area contributed by atoms with Gasteiger partial charge < -0.3 is 10.1 Å². The third-order valence-corrected chi connectivity index (χ3v) is 5.38. The van der Waals surface area contributed by atoms with Crippen LogP contribution in [-0.2, 0) is 0 Å². The van der Waals surface area contributed by atoms with Gasteiger partial charge in [0.15, 0.2) is 0 Å². The molecule has 1 N–H and O–H groups in total. The van der Waals surface area contributed by atoms with Crippen molar-refractivity contribution >= 4 is 39.4 Å². The number of thiophene rings is 1.